The van der Waals surface area contributed by atoms with Gasteiger partial charge in [-0.15, -0.1) is 0 Å². The fraction of sp³-hybridized carbons (Fsp3) is 0.333. The zero-order valence-corrected chi connectivity index (χ0v) is 18.6. The van der Waals surface area contributed by atoms with Crippen molar-refractivity contribution in [3.05, 3.63) is 82.9 Å². The zero-order chi connectivity index (χ0) is 23.4. The SMILES string of the molecule is CN1[C@@H]2CC[C@H]1CC(OC1c3ccccc3C=Cc3ccccc31)C2.O=C(O)/C=C\C(=O)O. The van der Waals surface area contributed by atoms with Gasteiger partial charge >= 0.3 is 11.9 Å². The predicted molar refractivity (Wildman–Crippen MR) is 127 cm³/mol. The van der Waals surface area contributed by atoms with E-state index in [2.05, 4.69) is 72.6 Å². The smallest absolute Gasteiger partial charge is 0.328 e. The molecular weight excluding hydrogens is 418 g/mol. The van der Waals surface area contributed by atoms with E-state index in [4.69, 9.17) is 14.9 Å². The Kier molecular flexibility index (Phi) is 7.06. The summed E-state index contributed by atoms with van der Waals surface area (Å²) < 4.78 is 6.83. The molecule has 2 heterocycles. The Morgan fingerprint density at radius 2 is 1.30 bits per heavy atom. The normalized spacial score (nSPS) is 23.8. The summed E-state index contributed by atoms with van der Waals surface area (Å²) >= 11 is 0. The molecule has 6 heteroatoms. The number of hydrogen-bond acceptors (Lipinski definition) is 4. The van der Waals surface area contributed by atoms with Crippen molar-refractivity contribution in [2.24, 2.45) is 0 Å². The molecule has 3 aliphatic rings. The molecule has 0 saturated carbocycles. The monoisotopic (exact) mass is 447 g/mol. The minimum absolute atomic E-state index is 0.0372. The maximum atomic E-state index is 9.55. The standard InChI is InChI=1S/C23H25NO.C4H4O4/c1-24-18-12-13-19(24)15-20(14-18)25-23-21-8-4-2-6-16(21)10-11-17-7-3-5-9-22(17)23;5-3(6)1-2-4(7)8/h2-11,18-20,23H,12-15H2,1H3;1-2H,(H,5,6)(H,7,8)/b;2-1-/t18-,19+,20?;. The lowest BCUT2D eigenvalue weighted by Gasteiger charge is -2.38. The highest BCUT2D eigenvalue weighted by Gasteiger charge is 2.40. The van der Waals surface area contributed by atoms with Gasteiger partial charge in [0.05, 0.1) is 6.10 Å². The molecule has 5 rings (SSSR count). The Bertz CT molecular complexity index is 996. The fourth-order valence-corrected chi connectivity index (χ4v) is 5.10. The number of nitrogens with zero attached hydrogens (tertiary/aromatic N) is 1. The summed E-state index contributed by atoms with van der Waals surface area (Å²) in [5.74, 6) is -2.51. The summed E-state index contributed by atoms with van der Waals surface area (Å²) in [6.07, 6.45) is 11.0. The first-order valence-electron chi connectivity index (χ1n) is 11.3. The van der Waals surface area contributed by atoms with Crippen LogP contribution in [-0.2, 0) is 14.3 Å². The van der Waals surface area contributed by atoms with E-state index < -0.39 is 11.9 Å². The molecule has 2 aliphatic heterocycles. The van der Waals surface area contributed by atoms with E-state index in [0.717, 1.165) is 0 Å². The van der Waals surface area contributed by atoms with E-state index in [1.807, 2.05) is 0 Å². The van der Waals surface area contributed by atoms with E-state index in [-0.39, 0.29) is 6.10 Å². The molecule has 1 aliphatic carbocycles. The molecule has 2 aromatic rings. The molecule has 1 unspecified atom stereocenters. The van der Waals surface area contributed by atoms with E-state index in [1.165, 1.54) is 47.9 Å². The van der Waals surface area contributed by atoms with Crippen LogP contribution in [0.2, 0.25) is 0 Å². The third-order valence-electron chi connectivity index (χ3n) is 6.75. The van der Waals surface area contributed by atoms with Crippen molar-refractivity contribution in [1.29, 1.82) is 0 Å². The van der Waals surface area contributed by atoms with Crippen LogP contribution in [-0.4, -0.2) is 52.3 Å². The van der Waals surface area contributed by atoms with E-state index >= 15 is 0 Å². The van der Waals surface area contributed by atoms with Gasteiger partial charge in [-0.05, 0) is 55.0 Å². The van der Waals surface area contributed by atoms with Gasteiger partial charge in [0, 0.05) is 24.2 Å². The zero-order valence-electron chi connectivity index (χ0n) is 18.6. The molecule has 3 atom stereocenters. The summed E-state index contributed by atoms with van der Waals surface area (Å²) in [6, 6.07) is 18.8. The second-order valence-corrected chi connectivity index (χ2v) is 8.76. The Labute approximate surface area is 193 Å². The molecular formula is C27H29NO5. The van der Waals surface area contributed by atoms with Gasteiger partial charge in [0.2, 0.25) is 0 Å². The molecule has 2 N–H and O–H groups in total. The largest absolute Gasteiger partial charge is 0.478 e. The van der Waals surface area contributed by atoms with Gasteiger partial charge in [0.25, 0.3) is 0 Å². The van der Waals surface area contributed by atoms with Crippen LogP contribution in [0.15, 0.2) is 60.7 Å². The van der Waals surface area contributed by atoms with Crippen LogP contribution in [0.1, 0.15) is 54.0 Å². The van der Waals surface area contributed by atoms with E-state index in [0.29, 0.717) is 30.3 Å². The summed E-state index contributed by atoms with van der Waals surface area (Å²) in [5.41, 5.74) is 5.16. The van der Waals surface area contributed by atoms with Gasteiger partial charge in [0.1, 0.15) is 6.10 Å². The number of fused-ring (bicyclic) bond motifs is 4. The maximum absolute atomic E-state index is 9.55. The van der Waals surface area contributed by atoms with Gasteiger partial charge in [-0.3, -0.25) is 0 Å². The van der Waals surface area contributed by atoms with Crippen LogP contribution in [0.3, 0.4) is 0 Å². The average molecular weight is 448 g/mol. The highest BCUT2D eigenvalue weighted by atomic mass is 16.5. The topological polar surface area (TPSA) is 87.1 Å². The number of piperidine rings is 1. The van der Waals surface area contributed by atoms with Crippen molar-refractivity contribution in [2.45, 2.75) is 50.0 Å². The maximum Gasteiger partial charge on any atom is 0.328 e. The third-order valence-corrected chi connectivity index (χ3v) is 6.75. The molecule has 172 valence electrons. The first-order chi connectivity index (χ1) is 15.9. The lowest BCUT2D eigenvalue weighted by molar-refractivity contribution is -0.134. The van der Waals surface area contributed by atoms with E-state index in [1.54, 1.807) is 0 Å². The molecule has 0 radical (unpaired) electrons. The van der Waals surface area contributed by atoms with Crippen LogP contribution in [0, 0.1) is 0 Å². The second-order valence-electron chi connectivity index (χ2n) is 8.76. The molecule has 0 amide bonds. The Morgan fingerprint density at radius 1 is 0.848 bits per heavy atom. The lowest BCUT2D eigenvalue weighted by Crippen LogP contribution is -2.43. The summed E-state index contributed by atoms with van der Waals surface area (Å²) in [7, 11) is 2.29. The Hall–Kier alpha value is -3.22. The van der Waals surface area contributed by atoms with Crippen LogP contribution < -0.4 is 0 Å². The van der Waals surface area contributed by atoms with Crippen molar-refractivity contribution >= 4 is 24.1 Å². The number of ether oxygens (including phenoxy) is 1. The molecule has 0 aromatic heterocycles. The van der Waals surface area contributed by atoms with Gasteiger partial charge < -0.3 is 19.8 Å². The number of aliphatic carboxylic acids is 2. The number of carboxylic acid groups (broad SMARTS) is 2. The summed E-state index contributed by atoms with van der Waals surface area (Å²) in [6.45, 7) is 0. The number of benzene rings is 2. The van der Waals surface area contributed by atoms with Crippen LogP contribution in [0.4, 0.5) is 0 Å². The average Bonchev–Trinajstić information content (AvgIpc) is 2.97. The first-order valence-corrected chi connectivity index (χ1v) is 11.3. The molecule has 2 saturated heterocycles. The molecule has 2 bridgehead atoms. The van der Waals surface area contributed by atoms with Crippen molar-refractivity contribution in [2.75, 3.05) is 7.05 Å². The highest BCUT2D eigenvalue weighted by molar-refractivity contribution is 5.89. The second kappa shape index (κ2) is 10.1. The van der Waals surface area contributed by atoms with Crippen molar-refractivity contribution < 1.29 is 24.5 Å². The van der Waals surface area contributed by atoms with Gasteiger partial charge in [-0.1, -0.05) is 60.7 Å². The minimum Gasteiger partial charge on any atom is -0.478 e. The summed E-state index contributed by atoms with van der Waals surface area (Å²) in [5, 5.41) is 15.6. The Balaban J connectivity index is 0.000000281. The first kappa shape index (κ1) is 23.0. The number of carboxylic acids is 2. The number of hydrogen-bond donors (Lipinski definition) is 2. The molecule has 0 spiro atoms. The molecule has 2 aromatic carbocycles. The highest BCUT2D eigenvalue weighted by Crippen LogP contribution is 2.41. The fourth-order valence-electron chi connectivity index (χ4n) is 5.10. The van der Waals surface area contributed by atoms with Crippen molar-refractivity contribution in [3.63, 3.8) is 0 Å². The van der Waals surface area contributed by atoms with Crippen LogP contribution in [0.5, 0.6) is 0 Å². The minimum atomic E-state index is -1.26. The number of rotatable bonds is 4. The lowest BCUT2D eigenvalue weighted by atomic mass is 9.95. The van der Waals surface area contributed by atoms with Gasteiger partial charge in [-0.25, -0.2) is 9.59 Å². The molecule has 33 heavy (non-hydrogen) atoms. The van der Waals surface area contributed by atoms with Crippen LogP contribution in [0.25, 0.3) is 12.2 Å². The predicted octanol–water partition coefficient (Wildman–Crippen LogP) is 4.61. The van der Waals surface area contributed by atoms with Crippen LogP contribution >= 0.6 is 0 Å². The molecule has 6 nitrogen and oxygen atoms in total. The Morgan fingerprint density at radius 3 is 1.76 bits per heavy atom. The molecule has 2 fully saturated rings. The van der Waals surface area contributed by atoms with Crippen molar-refractivity contribution in [3.8, 4) is 0 Å². The van der Waals surface area contributed by atoms with Gasteiger partial charge in [-0.2, -0.15) is 0 Å². The third kappa shape index (κ3) is 5.41. The number of carbonyl (C=O) groups is 2. The summed E-state index contributed by atoms with van der Waals surface area (Å²) in [4.78, 5) is 21.7. The van der Waals surface area contributed by atoms with Gasteiger partial charge in [0.15, 0.2) is 0 Å². The quantitative estimate of drug-likeness (QED) is 0.666. The van der Waals surface area contributed by atoms with E-state index in [9.17, 15) is 9.59 Å². The van der Waals surface area contributed by atoms with Crippen molar-refractivity contribution in [1.82, 2.24) is 4.90 Å².